The molecule has 0 radical (unpaired) electrons. The van der Waals surface area contributed by atoms with Gasteiger partial charge in [-0.3, -0.25) is 9.78 Å². The Kier molecular flexibility index (Phi) is 3.59. The number of hydrogen-bond acceptors (Lipinski definition) is 2. The molecule has 1 heterocycles. The van der Waals surface area contributed by atoms with E-state index in [-0.39, 0.29) is 5.56 Å². The first-order valence-electron chi connectivity index (χ1n) is 6.06. The van der Waals surface area contributed by atoms with Crippen molar-refractivity contribution in [1.29, 1.82) is 0 Å². The number of H-pyrrole nitrogens is 2. The van der Waals surface area contributed by atoms with Crippen molar-refractivity contribution in [2.75, 3.05) is 0 Å². The number of aromatic nitrogens is 2. The van der Waals surface area contributed by atoms with Gasteiger partial charge >= 0.3 is 5.69 Å². The minimum atomic E-state index is -0.397. The lowest BCUT2D eigenvalue weighted by molar-refractivity contribution is 0.338. The van der Waals surface area contributed by atoms with E-state index < -0.39 is 5.69 Å². The van der Waals surface area contributed by atoms with Crippen molar-refractivity contribution in [2.45, 2.75) is 44.9 Å². The number of hydrogen-bond donors (Lipinski definition) is 2. The molecule has 0 saturated heterocycles. The lowest BCUT2D eigenvalue weighted by Crippen LogP contribution is -2.23. The molecule has 1 saturated carbocycles. The molecule has 1 aromatic heterocycles. The molecule has 1 aliphatic rings. The number of rotatable bonds is 3. The van der Waals surface area contributed by atoms with Crippen LogP contribution in [0.4, 0.5) is 0 Å². The molecule has 1 aliphatic carbocycles. The highest BCUT2D eigenvalue weighted by molar-refractivity contribution is 4.98. The van der Waals surface area contributed by atoms with Crippen LogP contribution >= 0.6 is 0 Å². The summed E-state index contributed by atoms with van der Waals surface area (Å²) in [7, 11) is 0. The topological polar surface area (TPSA) is 65.7 Å². The van der Waals surface area contributed by atoms with Crippen molar-refractivity contribution < 1.29 is 0 Å². The van der Waals surface area contributed by atoms with Crippen LogP contribution in [0.25, 0.3) is 0 Å². The highest BCUT2D eigenvalue weighted by Crippen LogP contribution is 2.26. The summed E-state index contributed by atoms with van der Waals surface area (Å²) in [4.78, 5) is 27.0. The summed E-state index contributed by atoms with van der Waals surface area (Å²) in [5, 5.41) is 0. The van der Waals surface area contributed by atoms with Gasteiger partial charge in [-0.2, -0.15) is 0 Å². The fourth-order valence-electron chi connectivity index (χ4n) is 2.49. The van der Waals surface area contributed by atoms with Crippen LogP contribution in [0.2, 0.25) is 0 Å². The third kappa shape index (κ3) is 3.08. The van der Waals surface area contributed by atoms with Crippen LogP contribution in [0.15, 0.2) is 15.7 Å². The average Bonchev–Trinajstić information content (AvgIpc) is 2.27. The van der Waals surface area contributed by atoms with E-state index in [1.54, 1.807) is 0 Å². The van der Waals surface area contributed by atoms with Crippen LogP contribution in [-0.4, -0.2) is 9.97 Å². The number of aryl methyl sites for hydroxylation is 1. The van der Waals surface area contributed by atoms with Gasteiger partial charge in [-0.1, -0.05) is 32.1 Å². The predicted octanol–water partition coefficient (Wildman–Crippen LogP) is 1.58. The van der Waals surface area contributed by atoms with E-state index in [1.807, 2.05) is 0 Å². The Morgan fingerprint density at radius 3 is 2.56 bits per heavy atom. The van der Waals surface area contributed by atoms with E-state index in [2.05, 4.69) is 9.97 Å². The van der Waals surface area contributed by atoms with E-state index in [9.17, 15) is 9.59 Å². The zero-order valence-electron chi connectivity index (χ0n) is 9.42. The van der Waals surface area contributed by atoms with Crippen LogP contribution in [0.5, 0.6) is 0 Å². The molecule has 2 N–H and O–H groups in total. The Balaban J connectivity index is 1.93. The molecule has 1 fully saturated rings. The molecule has 0 atom stereocenters. The molecule has 0 amide bonds. The zero-order chi connectivity index (χ0) is 11.4. The third-order valence-electron chi connectivity index (χ3n) is 3.36. The molecule has 4 nitrogen and oxygen atoms in total. The Morgan fingerprint density at radius 2 is 1.88 bits per heavy atom. The minimum absolute atomic E-state index is 0.303. The molecule has 1 aromatic rings. The van der Waals surface area contributed by atoms with Gasteiger partial charge in [-0.25, -0.2) is 4.79 Å². The molecule has 0 bridgehead atoms. The first-order valence-corrected chi connectivity index (χ1v) is 6.06. The smallest absolute Gasteiger partial charge is 0.311 e. The van der Waals surface area contributed by atoms with Gasteiger partial charge < -0.3 is 4.98 Å². The van der Waals surface area contributed by atoms with E-state index in [0.717, 1.165) is 24.5 Å². The maximum atomic E-state index is 11.1. The standard InChI is InChI=1S/C12H18N2O2/c15-11-8-10(13-12(16)14-11)7-6-9-4-2-1-3-5-9/h8-9H,1-7H2,(H2,13,14,15,16). The van der Waals surface area contributed by atoms with Gasteiger partial charge in [-0.15, -0.1) is 0 Å². The summed E-state index contributed by atoms with van der Waals surface area (Å²) in [5.41, 5.74) is 0.0628. The molecule has 88 valence electrons. The van der Waals surface area contributed by atoms with Crippen molar-refractivity contribution in [3.63, 3.8) is 0 Å². The van der Waals surface area contributed by atoms with E-state index in [4.69, 9.17) is 0 Å². The van der Waals surface area contributed by atoms with Crippen molar-refractivity contribution in [2.24, 2.45) is 5.92 Å². The first-order chi connectivity index (χ1) is 7.74. The van der Waals surface area contributed by atoms with Gasteiger partial charge in [0.05, 0.1) is 0 Å². The second-order valence-electron chi connectivity index (χ2n) is 4.66. The summed E-state index contributed by atoms with van der Waals surface area (Å²) >= 11 is 0. The second kappa shape index (κ2) is 5.14. The summed E-state index contributed by atoms with van der Waals surface area (Å²) in [6.07, 6.45) is 8.51. The quantitative estimate of drug-likeness (QED) is 0.815. The molecular weight excluding hydrogens is 204 g/mol. The number of aromatic amines is 2. The summed E-state index contributed by atoms with van der Waals surface area (Å²) in [6.45, 7) is 0. The number of nitrogens with one attached hydrogen (secondary N) is 2. The van der Waals surface area contributed by atoms with E-state index in [1.165, 1.54) is 38.2 Å². The Morgan fingerprint density at radius 1 is 1.12 bits per heavy atom. The fourth-order valence-corrected chi connectivity index (χ4v) is 2.49. The Bertz CT molecular complexity index is 413. The molecular formula is C12H18N2O2. The normalized spacial score (nSPS) is 17.5. The fraction of sp³-hybridized carbons (Fsp3) is 0.667. The van der Waals surface area contributed by atoms with Gasteiger partial charge in [0.2, 0.25) is 0 Å². The average molecular weight is 222 g/mol. The maximum Gasteiger partial charge on any atom is 0.325 e. The SMILES string of the molecule is O=c1cc(CCC2CCCCC2)[nH]c(=O)[nH]1. The molecule has 0 spiro atoms. The van der Waals surface area contributed by atoms with Gasteiger partial charge in [0.1, 0.15) is 0 Å². The molecule has 0 aromatic carbocycles. The maximum absolute atomic E-state index is 11.1. The minimum Gasteiger partial charge on any atom is -0.311 e. The second-order valence-corrected chi connectivity index (χ2v) is 4.66. The van der Waals surface area contributed by atoms with Crippen molar-refractivity contribution in [1.82, 2.24) is 9.97 Å². The predicted molar refractivity (Wildman–Crippen MR) is 62.6 cm³/mol. The monoisotopic (exact) mass is 222 g/mol. The van der Waals surface area contributed by atoms with Crippen molar-refractivity contribution >= 4 is 0 Å². The van der Waals surface area contributed by atoms with Crippen molar-refractivity contribution in [3.05, 3.63) is 32.6 Å². The van der Waals surface area contributed by atoms with Gasteiger partial charge in [0, 0.05) is 11.8 Å². The molecule has 16 heavy (non-hydrogen) atoms. The summed E-state index contributed by atoms with van der Waals surface area (Å²) < 4.78 is 0. The molecule has 0 unspecified atom stereocenters. The van der Waals surface area contributed by atoms with Crippen LogP contribution in [0.1, 0.15) is 44.2 Å². The third-order valence-corrected chi connectivity index (χ3v) is 3.36. The largest absolute Gasteiger partial charge is 0.325 e. The molecule has 2 rings (SSSR count). The zero-order valence-corrected chi connectivity index (χ0v) is 9.42. The van der Waals surface area contributed by atoms with Crippen LogP contribution < -0.4 is 11.2 Å². The lowest BCUT2D eigenvalue weighted by atomic mass is 9.86. The van der Waals surface area contributed by atoms with Gasteiger partial charge in [-0.05, 0) is 18.8 Å². The summed E-state index contributed by atoms with van der Waals surface area (Å²) in [6, 6.07) is 1.49. The molecule has 4 heteroatoms. The lowest BCUT2D eigenvalue weighted by Gasteiger charge is -2.21. The molecule has 0 aliphatic heterocycles. The van der Waals surface area contributed by atoms with Gasteiger partial charge in [0.15, 0.2) is 0 Å². The van der Waals surface area contributed by atoms with Crippen LogP contribution in [0.3, 0.4) is 0 Å². The van der Waals surface area contributed by atoms with Crippen LogP contribution in [0, 0.1) is 5.92 Å². The van der Waals surface area contributed by atoms with E-state index in [0.29, 0.717) is 0 Å². The van der Waals surface area contributed by atoms with E-state index >= 15 is 0 Å². The highest BCUT2D eigenvalue weighted by Gasteiger charge is 2.13. The summed E-state index contributed by atoms with van der Waals surface area (Å²) in [5.74, 6) is 0.775. The first kappa shape index (κ1) is 11.2. The Labute approximate surface area is 94.1 Å². The van der Waals surface area contributed by atoms with Crippen LogP contribution in [-0.2, 0) is 6.42 Å². The van der Waals surface area contributed by atoms with Crippen molar-refractivity contribution in [3.8, 4) is 0 Å². The van der Waals surface area contributed by atoms with Gasteiger partial charge in [0.25, 0.3) is 5.56 Å². The highest BCUT2D eigenvalue weighted by atomic mass is 16.2. The Hall–Kier alpha value is -1.32.